The summed E-state index contributed by atoms with van der Waals surface area (Å²) in [5.41, 5.74) is -0.482. The number of rotatable bonds is 5. The molecule has 1 atom stereocenters. The van der Waals surface area contributed by atoms with Crippen molar-refractivity contribution in [1.82, 2.24) is 9.80 Å². The lowest BCUT2D eigenvalue weighted by molar-refractivity contribution is -0.148. The van der Waals surface area contributed by atoms with Crippen LogP contribution in [0.1, 0.15) is 47.0 Å². The van der Waals surface area contributed by atoms with Crippen LogP contribution in [0.4, 0.5) is 4.79 Å². The number of nitrogens with zero attached hydrogens (tertiary/aromatic N) is 2. The van der Waals surface area contributed by atoms with Gasteiger partial charge in [-0.15, -0.1) is 0 Å². The molecule has 1 aliphatic heterocycles. The summed E-state index contributed by atoms with van der Waals surface area (Å²) in [4.78, 5) is 27.8. The Labute approximate surface area is 133 Å². The Morgan fingerprint density at radius 2 is 1.73 bits per heavy atom. The van der Waals surface area contributed by atoms with Crippen molar-refractivity contribution >= 4 is 12.1 Å². The first kappa shape index (κ1) is 18.7. The van der Waals surface area contributed by atoms with Crippen molar-refractivity contribution in [1.29, 1.82) is 0 Å². The quantitative estimate of drug-likeness (QED) is 0.729. The summed E-state index contributed by atoms with van der Waals surface area (Å²) in [5, 5.41) is 0. The number of piperazine rings is 1. The van der Waals surface area contributed by atoms with Crippen LogP contribution in [-0.2, 0) is 14.3 Å². The number of hydrogen-bond donors (Lipinski definition) is 0. The Kier molecular flexibility index (Phi) is 7.13. The molecular weight excluding hydrogens is 284 g/mol. The summed E-state index contributed by atoms with van der Waals surface area (Å²) in [6.45, 7) is 10.2. The molecule has 0 radical (unpaired) electrons. The number of methoxy groups -OCH3 is 1. The number of carbonyl (C=O) groups excluding carboxylic acids is 2. The summed E-state index contributed by atoms with van der Waals surface area (Å²) in [6.07, 6.45) is 2.56. The molecule has 1 aliphatic rings. The van der Waals surface area contributed by atoms with Gasteiger partial charge in [-0.2, -0.15) is 0 Å². The molecule has 0 aromatic rings. The minimum Gasteiger partial charge on any atom is -0.468 e. The number of ether oxygens (including phenoxy) is 2. The molecule has 0 spiro atoms. The molecule has 6 heteroatoms. The van der Waals surface area contributed by atoms with Crippen molar-refractivity contribution in [2.24, 2.45) is 0 Å². The molecule has 128 valence electrons. The van der Waals surface area contributed by atoms with E-state index >= 15 is 0 Å². The number of esters is 1. The van der Waals surface area contributed by atoms with E-state index in [2.05, 4.69) is 11.8 Å². The second-order valence-electron chi connectivity index (χ2n) is 6.68. The van der Waals surface area contributed by atoms with Crippen LogP contribution in [-0.4, -0.2) is 66.8 Å². The number of carbonyl (C=O) groups is 2. The van der Waals surface area contributed by atoms with Crippen molar-refractivity contribution in [2.45, 2.75) is 58.6 Å². The second-order valence-corrected chi connectivity index (χ2v) is 6.68. The Bertz CT molecular complexity index is 371. The van der Waals surface area contributed by atoms with Crippen LogP contribution in [0.3, 0.4) is 0 Å². The van der Waals surface area contributed by atoms with Crippen molar-refractivity contribution in [2.75, 3.05) is 33.3 Å². The lowest BCUT2D eigenvalue weighted by atomic mass is 10.1. The minimum atomic E-state index is -0.482. The topological polar surface area (TPSA) is 59.1 Å². The monoisotopic (exact) mass is 314 g/mol. The van der Waals surface area contributed by atoms with Gasteiger partial charge in [-0.3, -0.25) is 9.69 Å². The zero-order valence-corrected chi connectivity index (χ0v) is 14.6. The molecule has 0 aliphatic carbocycles. The van der Waals surface area contributed by atoms with Crippen LogP contribution >= 0.6 is 0 Å². The van der Waals surface area contributed by atoms with E-state index in [1.807, 2.05) is 20.8 Å². The van der Waals surface area contributed by atoms with E-state index in [0.29, 0.717) is 26.2 Å². The van der Waals surface area contributed by atoms with Crippen molar-refractivity contribution in [3.8, 4) is 0 Å². The highest BCUT2D eigenvalue weighted by atomic mass is 16.6. The Morgan fingerprint density at radius 3 is 2.18 bits per heavy atom. The SMILES string of the molecule is CCCCC(C(=O)OC)N1CCN(C(=O)OC(C)(C)C)CC1. The van der Waals surface area contributed by atoms with Gasteiger partial charge >= 0.3 is 12.1 Å². The van der Waals surface area contributed by atoms with Gasteiger partial charge in [0.25, 0.3) is 0 Å². The molecule has 6 nitrogen and oxygen atoms in total. The summed E-state index contributed by atoms with van der Waals surface area (Å²) in [6, 6.07) is -0.203. The zero-order chi connectivity index (χ0) is 16.8. The summed E-state index contributed by atoms with van der Waals surface area (Å²) in [7, 11) is 1.43. The van der Waals surface area contributed by atoms with Gasteiger partial charge in [0.05, 0.1) is 7.11 Å². The maximum Gasteiger partial charge on any atom is 0.410 e. The van der Waals surface area contributed by atoms with Gasteiger partial charge in [0, 0.05) is 26.2 Å². The van der Waals surface area contributed by atoms with Crippen LogP contribution in [0.25, 0.3) is 0 Å². The van der Waals surface area contributed by atoms with Crippen LogP contribution < -0.4 is 0 Å². The van der Waals surface area contributed by atoms with E-state index in [9.17, 15) is 9.59 Å². The third-order valence-electron chi connectivity index (χ3n) is 3.71. The van der Waals surface area contributed by atoms with Gasteiger partial charge < -0.3 is 14.4 Å². The molecule has 0 aromatic carbocycles. The minimum absolute atomic E-state index is 0.181. The molecule has 0 N–H and O–H groups in total. The van der Waals surface area contributed by atoms with Gasteiger partial charge in [-0.1, -0.05) is 19.8 Å². The predicted molar refractivity (Wildman–Crippen MR) is 84.7 cm³/mol. The van der Waals surface area contributed by atoms with Gasteiger partial charge in [-0.25, -0.2) is 4.79 Å². The van der Waals surface area contributed by atoms with E-state index in [0.717, 1.165) is 19.3 Å². The maximum atomic E-state index is 12.0. The highest BCUT2D eigenvalue weighted by Gasteiger charge is 2.32. The van der Waals surface area contributed by atoms with Crippen LogP contribution in [0.15, 0.2) is 0 Å². The fourth-order valence-corrected chi connectivity index (χ4v) is 2.53. The molecular formula is C16H30N2O4. The van der Waals surface area contributed by atoms with Gasteiger partial charge in [0.15, 0.2) is 0 Å². The van der Waals surface area contributed by atoms with E-state index in [1.54, 1.807) is 4.90 Å². The van der Waals surface area contributed by atoms with Gasteiger partial charge in [-0.05, 0) is 27.2 Å². The van der Waals surface area contributed by atoms with Crippen LogP contribution in [0.5, 0.6) is 0 Å². The van der Waals surface area contributed by atoms with Gasteiger partial charge in [0.1, 0.15) is 11.6 Å². The molecule has 1 rings (SSSR count). The standard InChI is InChI=1S/C16H30N2O4/c1-6-7-8-13(14(19)21-5)17-9-11-18(12-10-17)15(20)22-16(2,3)4/h13H,6-12H2,1-5H3. The summed E-state index contributed by atoms with van der Waals surface area (Å²) >= 11 is 0. The maximum absolute atomic E-state index is 12.0. The van der Waals surface area contributed by atoms with Crippen molar-refractivity contribution in [3.05, 3.63) is 0 Å². The highest BCUT2D eigenvalue weighted by Crippen LogP contribution is 2.16. The fourth-order valence-electron chi connectivity index (χ4n) is 2.53. The largest absolute Gasteiger partial charge is 0.468 e. The Morgan fingerprint density at radius 1 is 1.14 bits per heavy atom. The molecule has 0 saturated carbocycles. The first-order chi connectivity index (χ1) is 10.3. The van der Waals surface area contributed by atoms with Crippen LogP contribution in [0, 0.1) is 0 Å². The van der Waals surface area contributed by atoms with E-state index in [4.69, 9.17) is 9.47 Å². The summed E-state index contributed by atoms with van der Waals surface area (Å²) < 4.78 is 10.3. The smallest absolute Gasteiger partial charge is 0.410 e. The van der Waals surface area contributed by atoms with Crippen LogP contribution in [0.2, 0.25) is 0 Å². The molecule has 22 heavy (non-hydrogen) atoms. The number of amides is 1. The molecule has 1 fully saturated rings. The molecule has 1 heterocycles. The third kappa shape index (κ3) is 5.83. The summed E-state index contributed by atoms with van der Waals surface area (Å²) in [5.74, 6) is -0.181. The molecule has 0 aromatic heterocycles. The molecule has 1 saturated heterocycles. The van der Waals surface area contributed by atoms with E-state index in [-0.39, 0.29) is 18.1 Å². The predicted octanol–water partition coefficient (Wildman–Crippen LogP) is 2.27. The lowest BCUT2D eigenvalue weighted by Crippen LogP contribution is -2.54. The Hall–Kier alpha value is -1.30. The second kappa shape index (κ2) is 8.36. The first-order valence-electron chi connectivity index (χ1n) is 8.08. The number of hydrogen-bond acceptors (Lipinski definition) is 5. The Balaban J connectivity index is 2.54. The molecule has 0 bridgehead atoms. The van der Waals surface area contributed by atoms with E-state index in [1.165, 1.54) is 7.11 Å². The third-order valence-corrected chi connectivity index (χ3v) is 3.71. The first-order valence-corrected chi connectivity index (χ1v) is 8.08. The molecule has 1 unspecified atom stereocenters. The average Bonchev–Trinajstić information content (AvgIpc) is 2.46. The van der Waals surface area contributed by atoms with Crippen molar-refractivity contribution in [3.63, 3.8) is 0 Å². The lowest BCUT2D eigenvalue weighted by Gasteiger charge is -2.38. The fraction of sp³-hybridized carbons (Fsp3) is 0.875. The number of unbranched alkanes of at least 4 members (excludes halogenated alkanes) is 1. The normalized spacial score (nSPS) is 18.0. The zero-order valence-electron chi connectivity index (χ0n) is 14.6. The van der Waals surface area contributed by atoms with Crippen molar-refractivity contribution < 1.29 is 19.1 Å². The average molecular weight is 314 g/mol. The highest BCUT2D eigenvalue weighted by molar-refractivity contribution is 5.75. The molecule has 1 amide bonds. The van der Waals surface area contributed by atoms with Gasteiger partial charge in [0.2, 0.25) is 0 Å². The van der Waals surface area contributed by atoms with E-state index < -0.39 is 5.60 Å².